The van der Waals surface area contributed by atoms with Gasteiger partial charge in [-0.05, 0) is 36.8 Å². The van der Waals surface area contributed by atoms with Gasteiger partial charge in [0.05, 0.1) is 0 Å². The van der Waals surface area contributed by atoms with Crippen molar-refractivity contribution in [2.75, 3.05) is 5.32 Å². The quantitative estimate of drug-likeness (QED) is 0.296. The van der Waals surface area contributed by atoms with Crippen molar-refractivity contribution in [2.24, 2.45) is 0 Å². The normalized spacial score (nSPS) is 11.7. The first-order valence-corrected chi connectivity index (χ1v) is 11.1. The number of hydrogen-bond acceptors (Lipinski definition) is 5. The van der Waals surface area contributed by atoms with Crippen LogP contribution in [0.25, 0.3) is 11.4 Å². The predicted molar refractivity (Wildman–Crippen MR) is 128 cm³/mol. The molecule has 0 aliphatic carbocycles. The zero-order valence-corrected chi connectivity index (χ0v) is 18.5. The largest absolute Gasteiger partial charge is 0.325 e. The summed E-state index contributed by atoms with van der Waals surface area (Å²) in [4.78, 5) is 17.4. The third-order valence-corrected chi connectivity index (χ3v) is 6.08. The lowest BCUT2D eigenvalue weighted by Crippen LogP contribution is -2.19. The number of nitrogens with one attached hydrogen (secondary N) is 1. The fourth-order valence-corrected chi connectivity index (χ4v) is 4.28. The van der Waals surface area contributed by atoms with Gasteiger partial charge in [0.1, 0.15) is 5.25 Å². The number of aromatic nitrogens is 4. The summed E-state index contributed by atoms with van der Waals surface area (Å²) < 4.78 is 1.96. The molecule has 2 aromatic heterocycles. The molecule has 0 saturated carbocycles. The van der Waals surface area contributed by atoms with Crippen LogP contribution in [0.3, 0.4) is 0 Å². The Bertz CT molecular complexity index is 1190. The van der Waals surface area contributed by atoms with E-state index in [2.05, 4.69) is 27.1 Å². The molecule has 2 aromatic carbocycles. The Morgan fingerprint density at radius 3 is 2.47 bits per heavy atom. The van der Waals surface area contributed by atoms with Crippen molar-refractivity contribution in [1.29, 1.82) is 0 Å². The smallest absolute Gasteiger partial charge is 0.242 e. The average Bonchev–Trinajstić information content (AvgIpc) is 3.22. The SMILES string of the molecule is C=CCn1c(SC(C(=O)Nc2ccc(C)cc2)c2ccccc2)nnc1-c1ccncc1. The molecule has 0 radical (unpaired) electrons. The highest BCUT2D eigenvalue weighted by Gasteiger charge is 2.26. The lowest BCUT2D eigenvalue weighted by Gasteiger charge is -2.17. The van der Waals surface area contributed by atoms with Gasteiger partial charge < -0.3 is 5.32 Å². The van der Waals surface area contributed by atoms with E-state index in [9.17, 15) is 4.79 Å². The van der Waals surface area contributed by atoms with Gasteiger partial charge >= 0.3 is 0 Å². The third-order valence-electron chi connectivity index (χ3n) is 4.85. The molecule has 0 saturated heterocycles. The molecule has 1 amide bonds. The van der Waals surface area contributed by atoms with Gasteiger partial charge in [0.15, 0.2) is 11.0 Å². The van der Waals surface area contributed by atoms with Crippen LogP contribution in [-0.4, -0.2) is 25.7 Å². The fraction of sp³-hybridized carbons (Fsp3) is 0.120. The lowest BCUT2D eigenvalue weighted by atomic mass is 10.1. The number of thioether (sulfide) groups is 1. The van der Waals surface area contributed by atoms with E-state index in [1.54, 1.807) is 18.5 Å². The number of pyridine rings is 1. The van der Waals surface area contributed by atoms with E-state index >= 15 is 0 Å². The number of amides is 1. The molecule has 6 nitrogen and oxygen atoms in total. The second kappa shape index (κ2) is 10.1. The topological polar surface area (TPSA) is 72.7 Å². The number of rotatable bonds is 8. The Balaban J connectivity index is 1.67. The molecule has 4 aromatic rings. The van der Waals surface area contributed by atoms with E-state index in [1.807, 2.05) is 78.2 Å². The lowest BCUT2D eigenvalue weighted by molar-refractivity contribution is -0.115. The molecule has 32 heavy (non-hydrogen) atoms. The van der Waals surface area contributed by atoms with Gasteiger partial charge in [-0.3, -0.25) is 14.3 Å². The van der Waals surface area contributed by atoms with Crippen molar-refractivity contribution in [3.05, 3.63) is 103 Å². The molecular weight excluding hydrogens is 418 g/mol. The summed E-state index contributed by atoms with van der Waals surface area (Å²) >= 11 is 1.37. The van der Waals surface area contributed by atoms with Crippen LogP contribution in [-0.2, 0) is 11.3 Å². The molecule has 7 heteroatoms. The molecule has 0 spiro atoms. The van der Waals surface area contributed by atoms with Crippen molar-refractivity contribution in [2.45, 2.75) is 23.9 Å². The van der Waals surface area contributed by atoms with Crippen molar-refractivity contribution in [3.8, 4) is 11.4 Å². The molecule has 1 unspecified atom stereocenters. The predicted octanol–water partition coefficient (Wildman–Crippen LogP) is 5.31. The number of anilines is 1. The standard InChI is InChI=1S/C25H23N5OS/c1-3-17-30-23(20-13-15-26-16-14-20)28-29-25(30)32-22(19-7-5-4-6-8-19)24(31)27-21-11-9-18(2)10-12-21/h3-16,22H,1,17H2,2H3,(H,27,31). The van der Waals surface area contributed by atoms with Crippen LogP contribution < -0.4 is 5.32 Å². The zero-order valence-electron chi connectivity index (χ0n) is 17.7. The van der Waals surface area contributed by atoms with E-state index in [0.29, 0.717) is 17.5 Å². The Morgan fingerprint density at radius 2 is 1.78 bits per heavy atom. The monoisotopic (exact) mass is 441 g/mol. The Labute approximate surface area is 191 Å². The molecular formula is C25H23N5OS. The Kier molecular flexibility index (Phi) is 6.77. The van der Waals surface area contributed by atoms with Crippen LogP contribution in [0.4, 0.5) is 5.69 Å². The first kappa shape index (κ1) is 21.5. The van der Waals surface area contributed by atoms with Gasteiger partial charge in [-0.25, -0.2) is 0 Å². The minimum Gasteiger partial charge on any atom is -0.325 e. The Morgan fingerprint density at radius 1 is 1.06 bits per heavy atom. The first-order chi connectivity index (χ1) is 15.7. The maximum Gasteiger partial charge on any atom is 0.242 e. The zero-order chi connectivity index (χ0) is 22.3. The minimum absolute atomic E-state index is 0.122. The number of allylic oxidation sites excluding steroid dienone is 1. The molecule has 0 fully saturated rings. The van der Waals surface area contributed by atoms with E-state index in [-0.39, 0.29) is 5.91 Å². The second-order valence-corrected chi connectivity index (χ2v) is 8.28. The maximum atomic E-state index is 13.3. The second-order valence-electron chi connectivity index (χ2n) is 7.21. The van der Waals surface area contributed by atoms with Crippen molar-refractivity contribution >= 4 is 23.4 Å². The third kappa shape index (κ3) is 4.95. The van der Waals surface area contributed by atoms with Crippen molar-refractivity contribution < 1.29 is 4.79 Å². The highest BCUT2D eigenvalue weighted by Crippen LogP contribution is 2.36. The number of hydrogen-bond donors (Lipinski definition) is 1. The highest BCUT2D eigenvalue weighted by atomic mass is 32.2. The van der Waals surface area contributed by atoms with Crippen LogP contribution in [0.5, 0.6) is 0 Å². The summed E-state index contributed by atoms with van der Waals surface area (Å²) in [5.74, 6) is 0.587. The number of benzene rings is 2. The molecule has 0 aliphatic rings. The van der Waals surface area contributed by atoms with E-state index < -0.39 is 5.25 Å². The van der Waals surface area contributed by atoms with Gasteiger partial charge in [-0.2, -0.15) is 0 Å². The van der Waals surface area contributed by atoms with Gasteiger partial charge in [0, 0.05) is 30.2 Å². The van der Waals surface area contributed by atoms with E-state index in [4.69, 9.17) is 0 Å². The van der Waals surface area contributed by atoms with E-state index in [0.717, 1.165) is 22.4 Å². The van der Waals surface area contributed by atoms with Crippen LogP contribution in [0.15, 0.2) is 96.9 Å². The average molecular weight is 442 g/mol. The molecule has 4 rings (SSSR count). The van der Waals surface area contributed by atoms with Gasteiger partial charge in [0.2, 0.25) is 5.91 Å². The molecule has 0 bridgehead atoms. The molecule has 0 aliphatic heterocycles. The fourth-order valence-electron chi connectivity index (χ4n) is 3.23. The highest BCUT2D eigenvalue weighted by molar-refractivity contribution is 8.00. The number of carbonyl (C=O) groups excluding carboxylic acids is 1. The molecule has 160 valence electrons. The summed E-state index contributed by atoms with van der Waals surface area (Å²) in [5.41, 5.74) is 3.69. The maximum absolute atomic E-state index is 13.3. The van der Waals surface area contributed by atoms with Gasteiger partial charge in [-0.1, -0.05) is 65.9 Å². The summed E-state index contributed by atoms with van der Waals surface area (Å²) in [7, 11) is 0. The summed E-state index contributed by atoms with van der Waals surface area (Å²) in [6.07, 6.45) is 5.23. The number of carbonyl (C=O) groups is 1. The van der Waals surface area contributed by atoms with Crippen LogP contribution >= 0.6 is 11.8 Å². The van der Waals surface area contributed by atoms with E-state index in [1.165, 1.54) is 11.8 Å². The molecule has 1 N–H and O–H groups in total. The van der Waals surface area contributed by atoms with Crippen molar-refractivity contribution in [1.82, 2.24) is 19.7 Å². The first-order valence-electron chi connectivity index (χ1n) is 10.2. The molecule has 1 atom stereocenters. The molecule has 2 heterocycles. The van der Waals surface area contributed by atoms with Crippen molar-refractivity contribution in [3.63, 3.8) is 0 Å². The number of aryl methyl sites for hydroxylation is 1. The van der Waals surface area contributed by atoms with Gasteiger partial charge in [-0.15, -0.1) is 16.8 Å². The number of nitrogens with zero attached hydrogens (tertiary/aromatic N) is 4. The van der Waals surface area contributed by atoms with Crippen LogP contribution in [0.1, 0.15) is 16.4 Å². The summed E-state index contributed by atoms with van der Waals surface area (Å²) in [5, 5.41) is 12.0. The van der Waals surface area contributed by atoms with Crippen LogP contribution in [0.2, 0.25) is 0 Å². The van der Waals surface area contributed by atoms with Crippen LogP contribution in [0, 0.1) is 6.92 Å². The minimum atomic E-state index is -0.504. The summed E-state index contributed by atoms with van der Waals surface area (Å²) in [6, 6.07) is 21.2. The Hall–Kier alpha value is -3.71. The summed E-state index contributed by atoms with van der Waals surface area (Å²) in [6.45, 7) is 6.41. The van der Waals surface area contributed by atoms with Gasteiger partial charge in [0.25, 0.3) is 0 Å².